The third kappa shape index (κ3) is 2.21. The Bertz CT molecular complexity index is 686. The van der Waals surface area contributed by atoms with Gasteiger partial charge in [0.2, 0.25) is 0 Å². The number of hydrogen-bond acceptors (Lipinski definition) is 3. The summed E-state index contributed by atoms with van der Waals surface area (Å²) >= 11 is 0. The number of aromatic nitrogens is 4. The number of imidazole rings is 1. The molecule has 4 heteroatoms. The van der Waals surface area contributed by atoms with Gasteiger partial charge in [0.25, 0.3) is 0 Å². The second kappa shape index (κ2) is 4.80. The molecule has 0 N–H and O–H groups in total. The van der Waals surface area contributed by atoms with Gasteiger partial charge in [0, 0.05) is 18.8 Å². The lowest BCUT2D eigenvalue weighted by molar-refractivity contribution is 0.616. The van der Waals surface area contributed by atoms with Crippen LogP contribution < -0.4 is 0 Å². The molecule has 0 saturated carbocycles. The third-order valence-corrected chi connectivity index (χ3v) is 2.98. The number of fused-ring (bicyclic) bond motifs is 1. The molecule has 4 nitrogen and oxygen atoms in total. The SMILES string of the molecule is CC(C)Cc1nc2cccnc2n1-c1cccnc1. The minimum atomic E-state index is 0.548. The molecule has 0 aliphatic rings. The minimum Gasteiger partial charge on any atom is -0.279 e. The van der Waals surface area contributed by atoms with E-state index in [1.807, 2.05) is 30.5 Å². The molecule has 0 spiro atoms. The third-order valence-electron chi connectivity index (χ3n) is 2.98. The van der Waals surface area contributed by atoms with E-state index in [0.717, 1.165) is 29.1 Å². The Morgan fingerprint density at radius 2 is 2.00 bits per heavy atom. The Labute approximate surface area is 112 Å². The van der Waals surface area contributed by atoms with Crippen molar-refractivity contribution >= 4 is 11.2 Å². The predicted molar refractivity (Wildman–Crippen MR) is 75.2 cm³/mol. The second-order valence-corrected chi connectivity index (χ2v) is 5.02. The van der Waals surface area contributed by atoms with Gasteiger partial charge in [-0.05, 0) is 30.2 Å². The topological polar surface area (TPSA) is 43.6 Å². The standard InChI is InChI=1S/C15H16N4/c1-11(2)9-14-18-13-6-4-8-17-15(13)19(14)12-5-3-7-16-10-12/h3-8,10-11H,9H2,1-2H3. The van der Waals surface area contributed by atoms with Gasteiger partial charge in [-0.1, -0.05) is 13.8 Å². The van der Waals surface area contributed by atoms with Crippen LogP contribution >= 0.6 is 0 Å². The van der Waals surface area contributed by atoms with Gasteiger partial charge >= 0.3 is 0 Å². The summed E-state index contributed by atoms with van der Waals surface area (Å²) in [6.07, 6.45) is 6.35. The fraction of sp³-hybridized carbons (Fsp3) is 0.267. The Balaban J connectivity index is 2.24. The van der Waals surface area contributed by atoms with Crippen LogP contribution in [0.4, 0.5) is 0 Å². The van der Waals surface area contributed by atoms with Gasteiger partial charge in [-0.2, -0.15) is 0 Å². The summed E-state index contributed by atoms with van der Waals surface area (Å²) < 4.78 is 2.10. The normalized spacial score (nSPS) is 11.3. The summed E-state index contributed by atoms with van der Waals surface area (Å²) in [6.45, 7) is 4.39. The van der Waals surface area contributed by atoms with Crippen molar-refractivity contribution in [2.45, 2.75) is 20.3 Å². The van der Waals surface area contributed by atoms with Crippen molar-refractivity contribution in [2.24, 2.45) is 5.92 Å². The van der Waals surface area contributed by atoms with Gasteiger partial charge in [0.1, 0.15) is 11.3 Å². The zero-order valence-electron chi connectivity index (χ0n) is 11.1. The molecule has 3 rings (SSSR count). The molecule has 0 saturated heterocycles. The van der Waals surface area contributed by atoms with Crippen molar-refractivity contribution in [2.75, 3.05) is 0 Å². The quantitative estimate of drug-likeness (QED) is 0.719. The van der Waals surface area contributed by atoms with Gasteiger partial charge < -0.3 is 0 Å². The first-order valence-corrected chi connectivity index (χ1v) is 6.48. The van der Waals surface area contributed by atoms with Crippen LogP contribution in [0.1, 0.15) is 19.7 Å². The maximum Gasteiger partial charge on any atom is 0.164 e. The maximum atomic E-state index is 4.70. The Morgan fingerprint density at radius 3 is 2.74 bits per heavy atom. The minimum absolute atomic E-state index is 0.548. The van der Waals surface area contributed by atoms with Gasteiger partial charge in [-0.25, -0.2) is 9.97 Å². The van der Waals surface area contributed by atoms with E-state index in [2.05, 4.69) is 28.4 Å². The molecule has 0 bridgehead atoms. The molecule has 0 aromatic carbocycles. The number of pyridine rings is 2. The summed E-state index contributed by atoms with van der Waals surface area (Å²) in [5.41, 5.74) is 2.84. The Kier molecular flexibility index (Phi) is 2.99. The predicted octanol–water partition coefficient (Wildman–Crippen LogP) is 3.01. The van der Waals surface area contributed by atoms with E-state index < -0.39 is 0 Å². The van der Waals surface area contributed by atoms with Crippen molar-refractivity contribution in [1.82, 2.24) is 19.5 Å². The van der Waals surface area contributed by atoms with Crippen LogP contribution in [-0.4, -0.2) is 19.5 Å². The second-order valence-electron chi connectivity index (χ2n) is 5.02. The molecule has 0 aliphatic heterocycles. The lowest BCUT2D eigenvalue weighted by Crippen LogP contribution is -2.05. The molecule has 0 aliphatic carbocycles. The molecule has 96 valence electrons. The van der Waals surface area contributed by atoms with Crippen LogP contribution in [0.25, 0.3) is 16.9 Å². The molecule has 0 unspecified atom stereocenters. The summed E-state index contributed by atoms with van der Waals surface area (Å²) in [4.78, 5) is 13.4. The first kappa shape index (κ1) is 11.8. The van der Waals surface area contributed by atoms with E-state index in [1.54, 1.807) is 12.4 Å². The zero-order valence-corrected chi connectivity index (χ0v) is 11.1. The average Bonchev–Trinajstić information content (AvgIpc) is 2.76. The number of nitrogens with zero attached hydrogens (tertiary/aromatic N) is 4. The smallest absolute Gasteiger partial charge is 0.164 e. The molecular formula is C15H16N4. The van der Waals surface area contributed by atoms with E-state index in [1.165, 1.54) is 0 Å². The summed E-state index contributed by atoms with van der Waals surface area (Å²) in [5, 5.41) is 0. The lowest BCUT2D eigenvalue weighted by Gasteiger charge is -2.09. The Morgan fingerprint density at radius 1 is 1.16 bits per heavy atom. The van der Waals surface area contributed by atoms with Crippen LogP contribution in [-0.2, 0) is 6.42 Å². The zero-order chi connectivity index (χ0) is 13.2. The first-order valence-electron chi connectivity index (χ1n) is 6.48. The highest BCUT2D eigenvalue weighted by Crippen LogP contribution is 2.20. The summed E-state index contributed by atoms with van der Waals surface area (Å²) in [5.74, 6) is 1.59. The van der Waals surface area contributed by atoms with Crippen molar-refractivity contribution in [3.05, 3.63) is 48.7 Å². The van der Waals surface area contributed by atoms with Gasteiger partial charge in [-0.3, -0.25) is 9.55 Å². The number of rotatable bonds is 3. The van der Waals surface area contributed by atoms with Crippen LogP contribution in [0, 0.1) is 5.92 Å². The molecule has 3 aromatic rings. The largest absolute Gasteiger partial charge is 0.279 e. The highest BCUT2D eigenvalue weighted by atomic mass is 15.1. The first-order chi connectivity index (χ1) is 9.25. The number of hydrogen-bond donors (Lipinski definition) is 0. The molecule has 0 atom stereocenters. The van der Waals surface area contributed by atoms with Gasteiger partial charge in [0.05, 0.1) is 11.9 Å². The molecule has 3 heterocycles. The lowest BCUT2D eigenvalue weighted by atomic mass is 10.1. The average molecular weight is 252 g/mol. The Hall–Kier alpha value is -2.23. The van der Waals surface area contributed by atoms with E-state index in [-0.39, 0.29) is 0 Å². The highest BCUT2D eigenvalue weighted by Gasteiger charge is 2.14. The summed E-state index contributed by atoms with van der Waals surface area (Å²) in [6, 6.07) is 7.89. The molecule has 0 radical (unpaired) electrons. The van der Waals surface area contributed by atoms with Crippen molar-refractivity contribution < 1.29 is 0 Å². The van der Waals surface area contributed by atoms with Crippen molar-refractivity contribution in [3.63, 3.8) is 0 Å². The molecule has 3 aromatic heterocycles. The van der Waals surface area contributed by atoms with E-state index in [0.29, 0.717) is 5.92 Å². The summed E-state index contributed by atoms with van der Waals surface area (Å²) in [7, 11) is 0. The van der Waals surface area contributed by atoms with E-state index in [4.69, 9.17) is 4.98 Å². The molecule has 0 fully saturated rings. The molecular weight excluding hydrogens is 236 g/mol. The fourth-order valence-electron chi connectivity index (χ4n) is 2.22. The molecule has 19 heavy (non-hydrogen) atoms. The molecule has 0 amide bonds. The van der Waals surface area contributed by atoms with Gasteiger partial charge in [-0.15, -0.1) is 0 Å². The van der Waals surface area contributed by atoms with Crippen LogP contribution in [0.3, 0.4) is 0 Å². The maximum absolute atomic E-state index is 4.70. The van der Waals surface area contributed by atoms with E-state index in [9.17, 15) is 0 Å². The van der Waals surface area contributed by atoms with Crippen molar-refractivity contribution in [3.8, 4) is 5.69 Å². The van der Waals surface area contributed by atoms with Crippen LogP contribution in [0.2, 0.25) is 0 Å². The van der Waals surface area contributed by atoms with Crippen molar-refractivity contribution in [1.29, 1.82) is 0 Å². The highest BCUT2D eigenvalue weighted by molar-refractivity contribution is 5.73. The fourth-order valence-corrected chi connectivity index (χ4v) is 2.22. The van der Waals surface area contributed by atoms with Crippen LogP contribution in [0.5, 0.6) is 0 Å². The van der Waals surface area contributed by atoms with E-state index >= 15 is 0 Å². The monoisotopic (exact) mass is 252 g/mol. The van der Waals surface area contributed by atoms with Crippen LogP contribution in [0.15, 0.2) is 42.9 Å². The van der Waals surface area contributed by atoms with Gasteiger partial charge in [0.15, 0.2) is 5.65 Å².